The summed E-state index contributed by atoms with van der Waals surface area (Å²) in [4.78, 5) is 11.7. The molecule has 20 heavy (non-hydrogen) atoms. The van der Waals surface area contributed by atoms with Gasteiger partial charge in [0.25, 0.3) is 0 Å². The third-order valence-corrected chi connectivity index (χ3v) is 3.07. The van der Waals surface area contributed by atoms with Crippen molar-refractivity contribution < 1.29 is 18.0 Å². The molecule has 0 aliphatic heterocycles. The number of amides is 1. The molecule has 1 amide bonds. The van der Waals surface area contributed by atoms with E-state index in [0.29, 0.717) is 6.42 Å². The fourth-order valence-corrected chi connectivity index (χ4v) is 1.84. The van der Waals surface area contributed by atoms with E-state index in [1.165, 1.54) is 6.07 Å². The van der Waals surface area contributed by atoms with E-state index in [9.17, 15) is 18.0 Å². The highest BCUT2D eigenvalue weighted by atomic mass is 35.5. The molecule has 0 unspecified atom stereocenters. The molecule has 0 saturated carbocycles. The summed E-state index contributed by atoms with van der Waals surface area (Å²) in [5.74, 6) is -0.506. The van der Waals surface area contributed by atoms with Crippen molar-refractivity contribution >= 4 is 23.2 Å². The molecule has 1 aromatic carbocycles. The van der Waals surface area contributed by atoms with Crippen molar-refractivity contribution in [2.24, 2.45) is 5.73 Å². The molecular weight excluding hydrogens is 293 g/mol. The highest BCUT2D eigenvalue weighted by Crippen LogP contribution is 2.36. The van der Waals surface area contributed by atoms with E-state index in [0.717, 1.165) is 25.0 Å². The van der Waals surface area contributed by atoms with Crippen LogP contribution in [0.1, 0.15) is 31.7 Å². The van der Waals surface area contributed by atoms with Gasteiger partial charge < -0.3 is 11.1 Å². The molecule has 112 valence electrons. The van der Waals surface area contributed by atoms with Gasteiger partial charge in [0.2, 0.25) is 5.91 Å². The molecule has 0 spiro atoms. The van der Waals surface area contributed by atoms with Crippen molar-refractivity contribution in [3.63, 3.8) is 0 Å². The lowest BCUT2D eigenvalue weighted by molar-refractivity contribution is -0.137. The Morgan fingerprint density at radius 1 is 1.45 bits per heavy atom. The lowest BCUT2D eigenvalue weighted by atomic mass is 10.1. The molecule has 0 fully saturated rings. The summed E-state index contributed by atoms with van der Waals surface area (Å²) in [6.07, 6.45) is -2.41. The van der Waals surface area contributed by atoms with E-state index in [-0.39, 0.29) is 5.69 Å². The number of unbranched alkanes of at least 4 members (excludes halogenated alkanes) is 1. The maximum Gasteiger partial charge on any atom is 0.417 e. The second-order valence-corrected chi connectivity index (χ2v) is 4.84. The third kappa shape index (κ3) is 4.68. The zero-order valence-corrected chi connectivity index (χ0v) is 11.7. The Morgan fingerprint density at radius 3 is 2.65 bits per heavy atom. The van der Waals surface area contributed by atoms with Gasteiger partial charge in [0.05, 0.1) is 16.6 Å². The normalized spacial score (nSPS) is 13.1. The number of rotatable bonds is 5. The predicted octanol–water partition coefficient (Wildman–Crippen LogP) is 3.81. The van der Waals surface area contributed by atoms with Gasteiger partial charge in [-0.1, -0.05) is 31.4 Å². The maximum atomic E-state index is 12.7. The second kappa shape index (κ2) is 6.95. The number of nitrogens with one attached hydrogen (secondary N) is 1. The highest BCUT2D eigenvalue weighted by molar-refractivity contribution is 6.31. The predicted molar refractivity (Wildman–Crippen MR) is 72.6 cm³/mol. The zero-order valence-electron chi connectivity index (χ0n) is 10.9. The lowest BCUT2D eigenvalue weighted by Gasteiger charge is -2.14. The molecule has 3 N–H and O–H groups in total. The van der Waals surface area contributed by atoms with Gasteiger partial charge in [-0.05, 0) is 24.6 Å². The first-order valence-corrected chi connectivity index (χ1v) is 6.56. The maximum absolute atomic E-state index is 12.7. The number of halogens is 4. The van der Waals surface area contributed by atoms with Crippen LogP contribution in [0.25, 0.3) is 0 Å². The molecule has 0 heterocycles. The van der Waals surface area contributed by atoms with E-state index in [1.807, 2.05) is 6.92 Å². The number of hydrogen-bond donors (Lipinski definition) is 2. The van der Waals surface area contributed by atoms with Crippen LogP contribution < -0.4 is 11.1 Å². The third-order valence-electron chi connectivity index (χ3n) is 2.74. The molecule has 1 rings (SSSR count). The Labute approximate surface area is 120 Å². The Bertz CT molecular complexity index is 477. The lowest BCUT2D eigenvalue weighted by Crippen LogP contribution is -2.35. The Balaban J connectivity index is 2.81. The van der Waals surface area contributed by atoms with E-state index >= 15 is 0 Å². The number of carbonyl (C=O) groups excluding carboxylic acids is 1. The molecule has 0 saturated heterocycles. The minimum absolute atomic E-state index is 0.0265. The summed E-state index contributed by atoms with van der Waals surface area (Å²) >= 11 is 5.49. The zero-order chi connectivity index (χ0) is 15.3. The summed E-state index contributed by atoms with van der Waals surface area (Å²) in [5.41, 5.74) is 4.68. The van der Waals surface area contributed by atoms with Gasteiger partial charge in [-0.3, -0.25) is 4.79 Å². The average Bonchev–Trinajstić information content (AvgIpc) is 2.36. The van der Waals surface area contributed by atoms with Crippen LogP contribution in [0.5, 0.6) is 0 Å². The fourth-order valence-electron chi connectivity index (χ4n) is 1.61. The van der Waals surface area contributed by atoms with Crippen molar-refractivity contribution in [1.29, 1.82) is 0 Å². The van der Waals surface area contributed by atoms with Crippen molar-refractivity contribution in [2.45, 2.75) is 38.4 Å². The van der Waals surface area contributed by atoms with Gasteiger partial charge in [0.15, 0.2) is 0 Å². The summed E-state index contributed by atoms with van der Waals surface area (Å²) in [6.45, 7) is 1.96. The molecule has 0 aliphatic carbocycles. The largest absolute Gasteiger partial charge is 0.417 e. The minimum Gasteiger partial charge on any atom is -0.325 e. The highest BCUT2D eigenvalue weighted by Gasteiger charge is 2.33. The summed E-state index contributed by atoms with van der Waals surface area (Å²) in [5, 5.41) is 1.96. The van der Waals surface area contributed by atoms with Crippen molar-refractivity contribution in [3.8, 4) is 0 Å². The van der Waals surface area contributed by atoms with Gasteiger partial charge >= 0.3 is 6.18 Å². The summed E-state index contributed by atoms with van der Waals surface area (Å²) < 4.78 is 38.0. The van der Waals surface area contributed by atoms with Gasteiger partial charge in [-0.15, -0.1) is 0 Å². The number of nitrogens with two attached hydrogens (primary N) is 1. The van der Waals surface area contributed by atoms with E-state index in [1.54, 1.807) is 0 Å². The van der Waals surface area contributed by atoms with Gasteiger partial charge in [0.1, 0.15) is 0 Å². The van der Waals surface area contributed by atoms with Crippen molar-refractivity contribution in [3.05, 3.63) is 28.8 Å². The molecular formula is C13H16ClF3N2O. The first-order chi connectivity index (χ1) is 9.25. The van der Waals surface area contributed by atoms with Crippen LogP contribution in [-0.2, 0) is 11.0 Å². The van der Waals surface area contributed by atoms with E-state index in [2.05, 4.69) is 5.32 Å². The number of hydrogen-bond acceptors (Lipinski definition) is 2. The van der Waals surface area contributed by atoms with E-state index < -0.39 is 28.7 Å². The van der Waals surface area contributed by atoms with Crippen LogP contribution in [0.3, 0.4) is 0 Å². The smallest absolute Gasteiger partial charge is 0.325 e. The number of anilines is 1. The van der Waals surface area contributed by atoms with Gasteiger partial charge in [0, 0.05) is 5.69 Å². The standard InChI is InChI=1S/C13H16ClF3N2O/c1-2-3-4-11(18)12(20)19-8-5-6-10(14)9(7-8)13(15,16)17/h5-7,11H,2-4,18H2,1H3,(H,19,20)/t11-/m0/s1. The van der Waals surface area contributed by atoms with Crippen LogP contribution in [0.4, 0.5) is 18.9 Å². The molecule has 0 bridgehead atoms. The molecule has 0 aromatic heterocycles. The van der Waals surface area contributed by atoms with Crippen molar-refractivity contribution in [2.75, 3.05) is 5.32 Å². The van der Waals surface area contributed by atoms with Crippen LogP contribution in [-0.4, -0.2) is 11.9 Å². The molecule has 1 atom stereocenters. The Morgan fingerprint density at radius 2 is 2.10 bits per heavy atom. The van der Waals surface area contributed by atoms with Crippen LogP contribution in [0, 0.1) is 0 Å². The average molecular weight is 309 g/mol. The van der Waals surface area contributed by atoms with E-state index in [4.69, 9.17) is 17.3 Å². The van der Waals surface area contributed by atoms with Gasteiger partial charge in [-0.25, -0.2) is 0 Å². The minimum atomic E-state index is -4.57. The number of carbonyl (C=O) groups is 1. The van der Waals surface area contributed by atoms with Gasteiger partial charge in [-0.2, -0.15) is 13.2 Å². The Kier molecular flexibility index (Phi) is 5.83. The number of benzene rings is 1. The number of alkyl halides is 3. The monoisotopic (exact) mass is 308 g/mol. The summed E-state index contributed by atoms with van der Waals surface area (Å²) in [7, 11) is 0. The molecule has 3 nitrogen and oxygen atoms in total. The first kappa shape index (κ1) is 16.8. The Hall–Kier alpha value is -1.27. The van der Waals surface area contributed by atoms with Crippen LogP contribution in [0.15, 0.2) is 18.2 Å². The topological polar surface area (TPSA) is 55.1 Å². The molecule has 0 aliphatic rings. The summed E-state index contributed by atoms with van der Waals surface area (Å²) in [6, 6.07) is 2.46. The van der Waals surface area contributed by atoms with Crippen molar-refractivity contribution in [1.82, 2.24) is 0 Å². The SMILES string of the molecule is CCCC[C@H](N)C(=O)Nc1ccc(Cl)c(C(F)(F)F)c1. The first-order valence-electron chi connectivity index (χ1n) is 6.19. The van der Waals surface area contributed by atoms with Crippen LogP contribution >= 0.6 is 11.6 Å². The molecule has 1 aromatic rings. The second-order valence-electron chi connectivity index (χ2n) is 4.43. The quantitative estimate of drug-likeness (QED) is 0.869. The van der Waals surface area contributed by atoms with Crippen LogP contribution in [0.2, 0.25) is 5.02 Å². The molecule has 0 radical (unpaired) electrons. The molecule has 7 heteroatoms. The fraction of sp³-hybridized carbons (Fsp3) is 0.462.